The third-order valence-corrected chi connectivity index (χ3v) is 10.9. The molecular formula is C42H32N2O7. The van der Waals surface area contributed by atoms with Gasteiger partial charge in [-0.3, -0.25) is 24.5 Å². The number of allylic oxidation sites excluding steroid dienone is 2. The van der Waals surface area contributed by atoms with Gasteiger partial charge in [0.25, 0.3) is 5.69 Å². The Labute approximate surface area is 293 Å². The summed E-state index contributed by atoms with van der Waals surface area (Å²) in [4.78, 5) is 59.0. The van der Waals surface area contributed by atoms with Crippen molar-refractivity contribution in [1.29, 1.82) is 0 Å². The first-order chi connectivity index (χ1) is 24.7. The number of rotatable bonds is 8. The number of ketones is 1. The van der Waals surface area contributed by atoms with Gasteiger partial charge in [0, 0.05) is 12.1 Å². The summed E-state index contributed by atoms with van der Waals surface area (Å²) < 4.78 is 11.0. The summed E-state index contributed by atoms with van der Waals surface area (Å²) >= 11 is 0. The molecule has 2 bridgehead atoms. The topological polar surface area (TPSA) is 116 Å². The van der Waals surface area contributed by atoms with Crippen LogP contribution in [0.3, 0.4) is 0 Å². The highest BCUT2D eigenvalue weighted by Gasteiger charge is 2.82. The van der Waals surface area contributed by atoms with Crippen LogP contribution in [0.15, 0.2) is 127 Å². The van der Waals surface area contributed by atoms with Gasteiger partial charge in [-0.05, 0) is 70.2 Å². The molecule has 2 amide bonds. The minimum Gasteiger partial charge on any atom is -0.497 e. The van der Waals surface area contributed by atoms with Crippen molar-refractivity contribution in [3.63, 3.8) is 0 Å². The SMILES string of the molecule is COc1ccc(C2=C(c3ccc(OC)cc3)[C@@]3(c4ccccc4)C(=O)[C@@]2(c2ccccc2)[C@H]2C(=O)N(c4cc([N+](=O)[O-])ccc4C)C(=O)[C@@H]23)cc1. The summed E-state index contributed by atoms with van der Waals surface area (Å²) in [6.45, 7) is 1.71. The van der Waals surface area contributed by atoms with E-state index in [2.05, 4.69) is 0 Å². The van der Waals surface area contributed by atoms with Crippen LogP contribution in [0.2, 0.25) is 0 Å². The third-order valence-electron chi connectivity index (χ3n) is 10.9. The van der Waals surface area contributed by atoms with Crippen LogP contribution in [-0.4, -0.2) is 36.7 Å². The number of methoxy groups -OCH3 is 2. The van der Waals surface area contributed by atoms with Crippen molar-refractivity contribution in [3.05, 3.63) is 165 Å². The quantitative estimate of drug-likeness (QED) is 0.0977. The lowest BCUT2D eigenvalue weighted by Crippen LogP contribution is -2.45. The second-order valence-electron chi connectivity index (χ2n) is 13.1. The van der Waals surface area contributed by atoms with Crippen LogP contribution in [0.25, 0.3) is 11.1 Å². The van der Waals surface area contributed by atoms with Gasteiger partial charge in [0.1, 0.15) is 11.5 Å². The Bertz CT molecular complexity index is 2160. The standard InChI is InChI=1S/C42H32N2O7/c1-25-14-19-30(44(48)49)24-33(25)43-38(45)36-37(39(43)46)42(29-12-8-5-9-13-29)35(27-17-22-32(51-3)23-18-27)34(26-15-20-31(50-2)21-16-26)41(36,40(42)47)28-10-6-4-7-11-28/h4-24,36-37H,1-3H3/t36-,37-,41-,42-/m1/s1. The molecule has 0 spiro atoms. The molecule has 2 fully saturated rings. The van der Waals surface area contributed by atoms with Crippen molar-refractivity contribution in [3.8, 4) is 11.5 Å². The minimum absolute atomic E-state index is 0.129. The number of imide groups is 1. The summed E-state index contributed by atoms with van der Waals surface area (Å²) in [5, 5.41) is 11.9. The van der Waals surface area contributed by atoms with Crippen molar-refractivity contribution in [2.45, 2.75) is 17.8 Å². The van der Waals surface area contributed by atoms with Crippen LogP contribution in [0.5, 0.6) is 11.5 Å². The van der Waals surface area contributed by atoms with Gasteiger partial charge in [-0.1, -0.05) is 91.0 Å². The highest BCUT2D eigenvalue weighted by molar-refractivity contribution is 6.39. The van der Waals surface area contributed by atoms with Crippen molar-refractivity contribution in [1.82, 2.24) is 0 Å². The molecule has 8 rings (SSSR count). The van der Waals surface area contributed by atoms with E-state index in [4.69, 9.17) is 9.47 Å². The number of benzene rings is 5. The normalized spacial score (nSPS) is 23.5. The molecule has 9 heteroatoms. The number of amides is 2. The first-order valence-corrected chi connectivity index (χ1v) is 16.5. The molecule has 9 nitrogen and oxygen atoms in total. The van der Waals surface area contributed by atoms with E-state index in [0.29, 0.717) is 50.5 Å². The predicted molar refractivity (Wildman–Crippen MR) is 191 cm³/mol. The van der Waals surface area contributed by atoms with Crippen molar-refractivity contribution >= 4 is 40.1 Å². The average molecular weight is 677 g/mol. The van der Waals surface area contributed by atoms with Crippen molar-refractivity contribution in [2.75, 3.05) is 19.1 Å². The van der Waals surface area contributed by atoms with Crippen molar-refractivity contribution in [2.24, 2.45) is 11.8 Å². The lowest BCUT2D eigenvalue weighted by atomic mass is 9.59. The van der Waals surface area contributed by atoms with Crippen LogP contribution in [0, 0.1) is 28.9 Å². The number of ether oxygens (including phenoxy) is 2. The number of hydrogen-bond donors (Lipinski definition) is 0. The molecule has 1 heterocycles. The van der Waals surface area contributed by atoms with E-state index >= 15 is 14.4 Å². The molecule has 5 aromatic rings. The molecule has 1 aliphatic heterocycles. The van der Waals surface area contributed by atoms with Crippen LogP contribution in [-0.2, 0) is 25.2 Å². The molecule has 0 unspecified atom stereocenters. The molecule has 0 aromatic heterocycles. The number of non-ortho nitro benzene ring substituents is 1. The second-order valence-corrected chi connectivity index (χ2v) is 13.1. The number of nitro benzene ring substituents is 1. The molecule has 5 aromatic carbocycles. The number of fused-ring (bicyclic) bond motifs is 5. The Balaban J connectivity index is 1.53. The van der Waals surface area contributed by atoms with Gasteiger partial charge in [-0.2, -0.15) is 0 Å². The van der Waals surface area contributed by atoms with E-state index in [-0.39, 0.29) is 17.2 Å². The number of carbonyl (C=O) groups is 3. The maximum atomic E-state index is 16.1. The zero-order valence-corrected chi connectivity index (χ0v) is 28.0. The van der Waals surface area contributed by atoms with Crippen LogP contribution >= 0.6 is 0 Å². The number of carbonyl (C=O) groups excluding carboxylic acids is 3. The second kappa shape index (κ2) is 11.6. The zero-order chi connectivity index (χ0) is 35.7. The molecule has 51 heavy (non-hydrogen) atoms. The molecule has 4 atom stereocenters. The number of Topliss-reactive ketones (excluding diaryl/α,β-unsaturated/α-hetero) is 1. The Kier molecular flexibility index (Phi) is 7.27. The van der Waals surface area contributed by atoms with Gasteiger partial charge < -0.3 is 9.47 Å². The fourth-order valence-corrected chi connectivity index (χ4v) is 8.83. The van der Waals surface area contributed by atoms with Gasteiger partial charge in [0.15, 0.2) is 5.78 Å². The number of anilines is 1. The van der Waals surface area contributed by atoms with Gasteiger partial charge in [-0.15, -0.1) is 0 Å². The summed E-state index contributed by atoms with van der Waals surface area (Å²) in [6.07, 6.45) is 0. The molecule has 3 aliphatic rings. The monoisotopic (exact) mass is 676 g/mol. The molecule has 1 saturated carbocycles. The fourth-order valence-electron chi connectivity index (χ4n) is 8.83. The first kappa shape index (κ1) is 31.9. The fraction of sp³-hybridized carbons (Fsp3) is 0.167. The number of nitro groups is 1. The number of hydrogen-bond acceptors (Lipinski definition) is 7. The van der Waals surface area contributed by atoms with Gasteiger partial charge in [0.2, 0.25) is 11.8 Å². The van der Waals surface area contributed by atoms with E-state index in [1.54, 1.807) is 21.1 Å². The number of aryl methyl sites for hydroxylation is 1. The molecule has 2 aliphatic carbocycles. The summed E-state index contributed by atoms with van der Waals surface area (Å²) in [7, 11) is 3.15. The van der Waals surface area contributed by atoms with Gasteiger partial charge in [-0.25, -0.2) is 4.90 Å². The summed E-state index contributed by atoms with van der Waals surface area (Å²) in [5.41, 5.74) is 0.937. The van der Waals surface area contributed by atoms with E-state index in [1.165, 1.54) is 18.2 Å². The maximum absolute atomic E-state index is 16.1. The van der Waals surface area contributed by atoms with E-state index in [9.17, 15) is 10.1 Å². The largest absolute Gasteiger partial charge is 0.497 e. The predicted octanol–water partition coefficient (Wildman–Crippen LogP) is 7.11. The molecule has 1 saturated heterocycles. The Hall–Kier alpha value is -6.35. The van der Waals surface area contributed by atoms with Crippen molar-refractivity contribution < 1.29 is 28.8 Å². The first-order valence-electron chi connectivity index (χ1n) is 16.5. The van der Waals surface area contributed by atoms with Crippen LogP contribution in [0.1, 0.15) is 27.8 Å². The smallest absolute Gasteiger partial charge is 0.271 e. The highest BCUT2D eigenvalue weighted by Crippen LogP contribution is 2.74. The lowest BCUT2D eigenvalue weighted by molar-refractivity contribution is -0.384. The highest BCUT2D eigenvalue weighted by atomic mass is 16.6. The molecular weight excluding hydrogens is 644 g/mol. The summed E-state index contributed by atoms with van der Waals surface area (Å²) in [6, 6.07) is 37.3. The minimum atomic E-state index is -1.62. The molecule has 252 valence electrons. The Morgan fingerprint density at radius 2 is 1.06 bits per heavy atom. The maximum Gasteiger partial charge on any atom is 0.271 e. The molecule has 0 N–H and O–H groups in total. The number of nitrogens with zero attached hydrogens (tertiary/aromatic N) is 2. The molecule has 0 radical (unpaired) electrons. The zero-order valence-electron chi connectivity index (χ0n) is 28.0. The lowest BCUT2D eigenvalue weighted by Gasteiger charge is -2.39. The van der Waals surface area contributed by atoms with E-state index in [0.717, 1.165) is 4.90 Å². The van der Waals surface area contributed by atoms with Crippen LogP contribution < -0.4 is 14.4 Å². The average Bonchev–Trinajstić information content (AvgIpc) is 3.67. The summed E-state index contributed by atoms with van der Waals surface area (Å²) in [5.74, 6) is -2.54. The van der Waals surface area contributed by atoms with Gasteiger partial charge >= 0.3 is 0 Å². The third kappa shape index (κ3) is 4.18. The Morgan fingerprint density at radius 1 is 0.627 bits per heavy atom. The Morgan fingerprint density at radius 3 is 1.45 bits per heavy atom. The van der Waals surface area contributed by atoms with Crippen LogP contribution in [0.4, 0.5) is 11.4 Å². The van der Waals surface area contributed by atoms with Gasteiger partial charge in [0.05, 0.1) is 47.5 Å². The van der Waals surface area contributed by atoms with E-state index in [1.807, 2.05) is 109 Å². The van der Waals surface area contributed by atoms with E-state index < -0.39 is 39.4 Å².